The maximum Gasteiger partial charge on any atom is 0.258 e. The molecule has 0 unspecified atom stereocenters. The number of benzene rings is 3. The Hall–Kier alpha value is -3.37. The minimum absolute atomic E-state index is 0.128. The number of aryl methyl sites for hydroxylation is 2. The smallest absolute Gasteiger partial charge is 0.258 e. The molecule has 0 saturated carbocycles. The minimum Gasteiger partial charge on any atom is -0.330 e. The first-order valence-corrected chi connectivity index (χ1v) is 9.60. The number of aromatic nitrogens is 1. The zero-order valence-electron chi connectivity index (χ0n) is 16.1. The van der Waals surface area contributed by atoms with Gasteiger partial charge in [0.15, 0.2) is 5.43 Å². The topological polar surface area (TPSA) is 51.1 Å². The van der Waals surface area contributed by atoms with E-state index >= 15 is 0 Å². The lowest BCUT2D eigenvalue weighted by atomic mass is 10.0. The summed E-state index contributed by atoms with van der Waals surface area (Å²) in [4.78, 5) is 26.3. The van der Waals surface area contributed by atoms with Crippen LogP contribution in [0, 0.1) is 6.92 Å². The predicted octanol–water partition coefficient (Wildman–Crippen LogP) is 5.42. The molecule has 0 radical (unpaired) electrons. The molecule has 1 N–H and O–H groups in total. The molecular weight excluding hydrogens is 384 g/mol. The molecule has 0 aliphatic rings. The number of nitrogens with one attached hydrogen (secondary N) is 1. The van der Waals surface area contributed by atoms with Crippen LogP contribution in [-0.2, 0) is 7.05 Å². The Morgan fingerprint density at radius 2 is 1.59 bits per heavy atom. The molecule has 144 valence electrons. The summed E-state index contributed by atoms with van der Waals surface area (Å²) in [7, 11) is 1.83. The number of para-hydroxylation sites is 1. The second-order valence-corrected chi connectivity index (χ2v) is 7.34. The second kappa shape index (κ2) is 7.57. The van der Waals surface area contributed by atoms with Gasteiger partial charge in [0, 0.05) is 12.4 Å². The van der Waals surface area contributed by atoms with Crippen molar-refractivity contribution >= 4 is 34.2 Å². The molecule has 4 nitrogen and oxygen atoms in total. The Kier molecular flexibility index (Phi) is 4.95. The van der Waals surface area contributed by atoms with Crippen LogP contribution in [-0.4, -0.2) is 10.5 Å². The summed E-state index contributed by atoms with van der Waals surface area (Å²) in [6.45, 7) is 1.99. The number of pyridine rings is 1. The SMILES string of the molecule is Cc1ccc(-c2c(NC(=O)c3ccccc3Cl)n(C)c3ccccc3c2=O)cc1. The third-order valence-electron chi connectivity index (χ3n) is 5.00. The lowest BCUT2D eigenvalue weighted by molar-refractivity contribution is 0.102. The predicted molar refractivity (Wildman–Crippen MR) is 119 cm³/mol. The summed E-state index contributed by atoms with van der Waals surface area (Å²) in [6, 6.07) is 21.9. The maximum absolute atomic E-state index is 13.4. The highest BCUT2D eigenvalue weighted by Crippen LogP contribution is 2.29. The number of nitrogens with zero attached hydrogens (tertiary/aromatic N) is 1. The van der Waals surface area contributed by atoms with Gasteiger partial charge < -0.3 is 9.88 Å². The first kappa shape index (κ1) is 19.0. The van der Waals surface area contributed by atoms with Crippen LogP contribution in [0.1, 0.15) is 15.9 Å². The van der Waals surface area contributed by atoms with Gasteiger partial charge in [0.25, 0.3) is 5.91 Å². The van der Waals surface area contributed by atoms with Gasteiger partial charge in [0.1, 0.15) is 5.82 Å². The fourth-order valence-corrected chi connectivity index (χ4v) is 3.66. The Labute approximate surface area is 173 Å². The van der Waals surface area contributed by atoms with E-state index in [0.717, 1.165) is 16.6 Å². The Morgan fingerprint density at radius 3 is 2.31 bits per heavy atom. The number of halogens is 1. The van der Waals surface area contributed by atoms with Crippen molar-refractivity contribution in [3.63, 3.8) is 0 Å². The van der Waals surface area contributed by atoms with Crippen molar-refractivity contribution in [3.8, 4) is 11.1 Å². The van der Waals surface area contributed by atoms with Crippen molar-refractivity contribution in [3.05, 3.63) is 99.2 Å². The minimum atomic E-state index is -0.366. The standard InChI is InChI=1S/C24H19ClN2O2/c1-15-11-13-16(14-12-15)21-22(28)18-8-4-6-10-20(18)27(2)23(21)26-24(29)17-7-3-5-9-19(17)25/h3-14H,1-2H3,(H,26,29). The molecule has 0 atom stereocenters. The van der Waals surface area contributed by atoms with Crippen LogP contribution in [0.2, 0.25) is 5.02 Å². The van der Waals surface area contributed by atoms with Crippen LogP contribution in [0.25, 0.3) is 22.0 Å². The summed E-state index contributed by atoms with van der Waals surface area (Å²) in [5, 5.41) is 3.87. The van der Waals surface area contributed by atoms with Gasteiger partial charge in [-0.2, -0.15) is 0 Å². The molecule has 4 aromatic rings. The molecule has 0 fully saturated rings. The van der Waals surface area contributed by atoms with Crippen LogP contribution in [0.15, 0.2) is 77.6 Å². The lowest BCUT2D eigenvalue weighted by Crippen LogP contribution is -2.21. The Morgan fingerprint density at radius 1 is 0.931 bits per heavy atom. The van der Waals surface area contributed by atoms with Crippen molar-refractivity contribution in [1.82, 2.24) is 4.57 Å². The third kappa shape index (κ3) is 3.43. The summed E-state index contributed by atoms with van der Waals surface area (Å²) >= 11 is 6.20. The highest BCUT2D eigenvalue weighted by atomic mass is 35.5. The van der Waals surface area contributed by atoms with E-state index in [4.69, 9.17) is 11.6 Å². The average molecular weight is 403 g/mol. The van der Waals surface area contributed by atoms with Gasteiger partial charge >= 0.3 is 0 Å². The van der Waals surface area contributed by atoms with Gasteiger partial charge in [0.05, 0.1) is 21.7 Å². The molecule has 0 saturated heterocycles. The first-order chi connectivity index (χ1) is 14.0. The zero-order valence-corrected chi connectivity index (χ0v) is 16.8. The van der Waals surface area contributed by atoms with Crippen LogP contribution in [0.4, 0.5) is 5.82 Å². The number of hydrogen-bond donors (Lipinski definition) is 1. The van der Waals surface area contributed by atoms with Gasteiger partial charge in [0.2, 0.25) is 0 Å². The van der Waals surface area contributed by atoms with Gasteiger partial charge in [-0.3, -0.25) is 9.59 Å². The zero-order chi connectivity index (χ0) is 20.5. The first-order valence-electron chi connectivity index (χ1n) is 9.22. The number of hydrogen-bond acceptors (Lipinski definition) is 2. The van der Waals surface area contributed by atoms with E-state index < -0.39 is 0 Å². The quantitative estimate of drug-likeness (QED) is 0.497. The molecule has 0 bridgehead atoms. The summed E-state index contributed by atoms with van der Waals surface area (Å²) in [6.07, 6.45) is 0. The van der Waals surface area contributed by atoms with Crippen molar-refractivity contribution in [2.45, 2.75) is 6.92 Å². The normalized spacial score (nSPS) is 10.9. The van der Waals surface area contributed by atoms with Crippen molar-refractivity contribution in [2.24, 2.45) is 7.05 Å². The average Bonchev–Trinajstić information content (AvgIpc) is 2.73. The largest absolute Gasteiger partial charge is 0.330 e. The van der Waals surface area contributed by atoms with E-state index in [1.807, 2.05) is 61.0 Å². The van der Waals surface area contributed by atoms with Gasteiger partial charge in [-0.25, -0.2) is 0 Å². The highest BCUT2D eigenvalue weighted by molar-refractivity contribution is 6.34. The fraction of sp³-hybridized carbons (Fsp3) is 0.0833. The van der Waals surface area contributed by atoms with E-state index in [9.17, 15) is 9.59 Å². The molecule has 5 heteroatoms. The second-order valence-electron chi connectivity index (χ2n) is 6.93. The third-order valence-corrected chi connectivity index (χ3v) is 5.33. The maximum atomic E-state index is 13.4. The molecule has 0 spiro atoms. The monoisotopic (exact) mass is 402 g/mol. The fourth-order valence-electron chi connectivity index (χ4n) is 3.44. The molecule has 3 aromatic carbocycles. The summed E-state index contributed by atoms with van der Waals surface area (Å²) < 4.78 is 1.83. The van der Waals surface area contributed by atoms with Crippen LogP contribution in [0.5, 0.6) is 0 Å². The molecule has 1 aromatic heterocycles. The molecule has 4 rings (SSSR count). The van der Waals surface area contributed by atoms with Crippen LogP contribution in [0.3, 0.4) is 0 Å². The Bertz CT molecular complexity index is 1290. The number of anilines is 1. The number of carbonyl (C=O) groups is 1. The number of carbonyl (C=O) groups excluding carboxylic acids is 1. The molecule has 0 aliphatic heterocycles. The van der Waals surface area contributed by atoms with Gasteiger partial charge in [-0.05, 0) is 36.8 Å². The van der Waals surface area contributed by atoms with Crippen molar-refractivity contribution in [1.29, 1.82) is 0 Å². The lowest BCUT2D eigenvalue weighted by Gasteiger charge is -2.18. The summed E-state index contributed by atoms with van der Waals surface area (Å²) in [5.74, 6) is 0.0664. The highest BCUT2D eigenvalue weighted by Gasteiger charge is 2.20. The van der Waals surface area contributed by atoms with E-state index in [1.54, 1.807) is 30.3 Å². The molecule has 1 amide bonds. The van der Waals surface area contributed by atoms with Gasteiger partial charge in [-0.1, -0.05) is 65.7 Å². The van der Waals surface area contributed by atoms with Crippen LogP contribution < -0.4 is 10.7 Å². The summed E-state index contributed by atoms with van der Waals surface area (Å²) in [5.41, 5.74) is 3.25. The number of fused-ring (bicyclic) bond motifs is 1. The number of amides is 1. The van der Waals surface area contributed by atoms with Gasteiger partial charge in [-0.15, -0.1) is 0 Å². The molecular formula is C24H19ClN2O2. The van der Waals surface area contributed by atoms with E-state index in [2.05, 4.69) is 5.32 Å². The van der Waals surface area contributed by atoms with E-state index in [1.165, 1.54) is 0 Å². The van der Waals surface area contributed by atoms with Crippen molar-refractivity contribution in [2.75, 3.05) is 5.32 Å². The number of rotatable bonds is 3. The molecule has 29 heavy (non-hydrogen) atoms. The molecule has 0 aliphatic carbocycles. The van der Waals surface area contributed by atoms with E-state index in [-0.39, 0.29) is 11.3 Å². The Balaban J connectivity index is 1.96. The van der Waals surface area contributed by atoms with Crippen LogP contribution >= 0.6 is 11.6 Å². The molecule has 1 heterocycles. The van der Waals surface area contributed by atoms with Crippen molar-refractivity contribution < 1.29 is 4.79 Å². The van der Waals surface area contributed by atoms with E-state index in [0.29, 0.717) is 27.4 Å².